The number of hydrogen-bond acceptors (Lipinski definition) is 3. The van der Waals surface area contributed by atoms with Crippen molar-refractivity contribution in [1.29, 1.82) is 0 Å². The monoisotopic (exact) mass is 514 g/mol. The quantitative estimate of drug-likeness (QED) is 0.403. The molecule has 0 bridgehead atoms. The number of aliphatic hydroxyl groups is 1. The molecule has 0 unspecified atom stereocenters. The molecule has 33 heavy (non-hydrogen) atoms. The zero-order chi connectivity index (χ0) is 24.6. The van der Waals surface area contributed by atoms with Crippen molar-refractivity contribution >= 4 is 34.8 Å². The van der Waals surface area contributed by atoms with Gasteiger partial charge in [-0.05, 0) is 54.3 Å². The van der Waals surface area contributed by atoms with Crippen LogP contribution in [0.2, 0.25) is 10.0 Å². The van der Waals surface area contributed by atoms with Gasteiger partial charge in [0.2, 0.25) is 11.5 Å². The first kappa shape index (κ1) is 25.5. The van der Waals surface area contributed by atoms with E-state index in [0.717, 1.165) is 24.3 Å². The van der Waals surface area contributed by atoms with E-state index in [1.165, 1.54) is 6.07 Å². The summed E-state index contributed by atoms with van der Waals surface area (Å²) in [6.07, 6.45) is -8.66. The van der Waals surface area contributed by atoms with Crippen molar-refractivity contribution in [3.8, 4) is 0 Å². The van der Waals surface area contributed by atoms with Crippen LogP contribution in [0.15, 0.2) is 36.4 Å². The van der Waals surface area contributed by atoms with Crippen LogP contribution in [0.1, 0.15) is 29.5 Å². The molecule has 1 aliphatic carbocycles. The number of nitrogens with one attached hydrogen (secondary N) is 2. The van der Waals surface area contributed by atoms with E-state index in [9.17, 15) is 36.2 Å². The number of rotatable bonds is 7. The minimum absolute atomic E-state index is 0.155. The lowest BCUT2D eigenvalue weighted by molar-refractivity contribution is -0.260. The Labute approximate surface area is 194 Å². The third kappa shape index (κ3) is 6.04. The summed E-state index contributed by atoms with van der Waals surface area (Å²) in [7, 11) is 0. The number of alkyl halides is 6. The van der Waals surface area contributed by atoms with Gasteiger partial charge in [0.1, 0.15) is 0 Å². The van der Waals surface area contributed by atoms with Crippen LogP contribution in [0.25, 0.3) is 0 Å². The molecule has 0 spiro atoms. The van der Waals surface area contributed by atoms with Crippen LogP contribution in [0, 0.1) is 5.92 Å². The summed E-state index contributed by atoms with van der Waals surface area (Å²) in [4.78, 5) is 11.7. The SMILES string of the molecule is O=C(NCc1ccc(NC[C@](O)(c2cc(Cl)cc(Cl)c2)C(F)(F)F)cc1C(F)(F)F)C1CC1. The average Bonchev–Trinajstić information content (AvgIpc) is 3.53. The maximum atomic E-state index is 13.7. The van der Waals surface area contributed by atoms with Crippen LogP contribution in [0.3, 0.4) is 0 Å². The van der Waals surface area contributed by atoms with Gasteiger partial charge in [0.05, 0.1) is 12.1 Å². The molecule has 1 aliphatic rings. The first-order valence-corrected chi connectivity index (χ1v) is 10.4. The number of carbonyl (C=O) groups is 1. The first-order valence-electron chi connectivity index (χ1n) is 9.68. The number of hydrogen-bond donors (Lipinski definition) is 3. The van der Waals surface area contributed by atoms with Crippen molar-refractivity contribution < 1.29 is 36.2 Å². The summed E-state index contributed by atoms with van der Waals surface area (Å²) in [5.41, 5.74) is -5.83. The van der Waals surface area contributed by atoms with E-state index >= 15 is 0 Å². The lowest BCUT2D eigenvalue weighted by Crippen LogP contribution is -2.47. The van der Waals surface area contributed by atoms with Gasteiger partial charge >= 0.3 is 12.4 Å². The third-order valence-electron chi connectivity index (χ3n) is 5.17. The molecule has 12 heteroatoms. The van der Waals surface area contributed by atoms with Gasteiger partial charge in [-0.15, -0.1) is 0 Å². The van der Waals surface area contributed by atoms with Gasteiger partial charge in [0.15, 0.2) is 0 Å². The largest absolute Gasteiger partial charge is 0.423 e. The highest BCUT2D eigenvalue weighted by Crippen LogP contribution is 2.41. The average molecular weight is 515 g/mol. The standard InChI is InChI=1S/C21H18Cl2F6N2O2/c22-14-5-13(6-15(23)7-14)19(33,21(27,28)29)10-31-16-4-3-12(17(8-16)20(24,25)26)9-30-18(32)11-1-2-11/h3-8,11,31,33H,1-2,9-10H2,(H,30,32)/t19-/m0/s1. The maximum absolute atomic E-state index is 13.7. The highest BCUT2D eigenvalue weighted by Gasteiger charge is 2.55. The zero-order valence-corrected chi connectivity index (χ0v) is 18.3. The van der Waals surface area contributed by atoms with Crippen molar-refractivity contribution in [3.63, 3.8) is 0 Å². The molecule has 3 N–H and O–H groups in total. The van der Waals surface area contributed by atoms with Crippen molar-refractivity contribution in [3.05, 3.63) is 63.1 Å². The Kier molecular flexibility index (Phi) is 7.12. The Morgan fingerprint density at radius 2 is 1.61 bits per heavy atom. The van der Waals surface area contributed by atoms with Gasteiger partial charge in [-0.2, -0.15) is 26.3 Å². The van der Waals surface area contributed by atoms with Crippen LogP contribution in [0.5, 0.6) is 0 Å². The van der Waals surface area contributed by atoms with E-state index in [4.69, 9.17) is 23.2 Å². The van der Waals surface area contributed by atoms with Crippen LogP contribution >= 0.6 is 23.2 Å². The van der Waals surface area contributed by atoms with Crippen molar-refractivity contribution in [2.75, 3.05) is 11.9 Å². The molecule has 0 aliphatic heterocycles. The molecule has 0 aromatic heterocycles. The summed E-state index contributed by atoms with van der Waals surface area (Å²) < 4.78 is 81.8. The summed E-state index contributed by atoms with van der Waals surface area (Å²) in [6, 6.07) is 5.73. The Morgan fingerprint density at radius 1 is 1.00 bits per heavy atom. The van der Waals surface area contributed by atoms with Crippen molar-refractivity contribution in [1.82, 2.24) is 5.32 Å². The van der Waals surface area contributed by atoms with Crippen molar-refractivity contribution in [2.24, 2.45) is 5.92 Å². The smallest absolute Gasteiger partial charge is 0.381 e. The minimum atomic E-state index is -5.20. The Bertz CT molecular complexity index is 1020. The summed E-state index contributed by atoms with van der Waals surface area (Å²) >= 11 is 11.5. The van der Waals surface area contributed by atoms with E-state index in [1.54, 1.807) is 0 Å². The van der Waals surface area contributed by atoms with Gasteiger partial charge in [0.25, 0.3) is 0 Å². The van der Waals surface area contributed by atoms with Gasteiger partial charge < -0.3 is 15.7 Å². The number of halogens is 8. The molecule has 1 fully saturated rings. The van der Waals surface area contributed by atoms with E-state index in [-0.39, 0.29) is 39.7 Å². The Balaban J connectivity index is 1.85. The summed E-state index contributed by atoms with van der Waals surface area (Å²) in [5, 5.41) is 14.8. The zero-order valence-electron chi connectivity index (χ0n) is 16.7. The fourth-order valence-electron chi connectivity index (χ4n) is 3.17. The number of benzene rings is 2. The topological polar surface area (TPSA) is 61.4 Å². The second kappa shape index (κ2) is 9.23. The second-order valence-corrected chi connectivity index (χ2v) is 8.60. The Hall–Kier alpha value is -2.17. The van der Waals surface area contributed by atoms with Gasteiger partial charge in [-0.25, -0.2) is 0 Å². The molecule has 2 aromatic rings. The van der Waals surface area contributed by atoms with Crippen LogP contribution in [-0.2, 0) is 23.1 Å². The summed E-state index contributed by atoms with van der Waals surface area (Å²) in [6.45, 7) is -1.58. The normalized spacial score (nSPS) is 16.3. The van der Waals surface area contributed by atoms with E-state index in [0.29, 0.717) is 18.9 Å². The van der Waals surface area contributed by atoms with E-state index in [1.807, 2.05) is 0 Å². The fourth-order valence-corrected chi connectivity index (χ4v) is 3.69. The van der Waals surface area contributed by atoms with E-state index in [2.05, 4.69) is 10.6 Å². The molecular weight excluding hydrogens is 497 g/mol. The molecule has 2 aromatic carbocycles. The van der Waals surface area contributed by atoms with Crippen molar-refractivity contribution in [2.45, 2.75) is 37.3 Å². The molecule has 1 amide bonds. The Morgan fingerprint density at radius 3 is 2.12 bits per heavy atom. The number of amides is 1. The fraction of sp³-hybridized carbons (Fsp3) is 0.381. The van der Waals surface area contributed by atoms with Gasteiger partial charge in [0, 0.05) is 28.2 Å². The molecule has 3 rings (SSSR count). The highest BCUT2D eigenvalue weighted by atomic mass is 35.5. The summed E-state index contributed by atoms with van der Waals surface area (Å²) in [5.74, 6) is -0.541. The predicted octanol–water partition coefficient (Wildman–Crippen LogP) is 5.90. The van der Waals surface area contributed by atoms with Gasteiger partial charge in [-0.3, -0.25) is 4.79 Å². The molecule has 4 nitrogen and oxygen atoms in total. The molecule has 0 radical (unpaired) electrons. The molecular formula is C21H18Cl2F6N2O2. The number of carbonyl (C=O) groups excluding carboxylic acids is 1. The molecule has 0 heterocycles. The lowest BCUT2D eigenvalue weighted by Gasteiger charge is -2.32. The van der Waals surface area contributed by atoms with Crippen LogP contribution in [-0.4, -0.2) is 23.7 Å². The second-order valence-electron chi connectivity index (χ2n) is 7.73. The molecule has 0 saturated heterocycles. The van der Waals surface area contributed by atoms with Crippen LogP contribution in [0.4, 0.5) is 32.0 Å². The lowest BCUT2D eigenvalue weighted by atomic mass is 9.92. The predicted molar refractivity (Wildman–Crippen MR) is 111 cm³/mol. The third-order valence-corrected chi connectivity index (χ3v) is 5.61. The molecule has 180 valence electrons. The maximum Gasteiger partial charge on any atom is 0.423 e. The highest BCUT2D eigenvalue weighted by molar-refractivity contribution is 6.34. The van der Waals surface area contributed by atoms with Gasteiger partial charge in [-0.1, -0.05) is 29.3 Å². The molecule has 1 atom stereocenters. The molecule has 1 saturated carbocycles. The minimum Gasteiger partial charge on any atom is -0.381 e. The number of anilines is 1. The van der Waals surface area contributed by atoms with Crippen LogP contribution < -0.4 is 10.6 Å². The first-order chi connectivity index (χ1) is 15.2. The van der Waals surface area contributed by atoms with E-state index < -0.39 is 35.6 Å².